The Morgan fingerprint density at radius 2 is 1.74 bits per heavy atom. The smallest absolute Gasteiger partial charge is 0.340 e. The predicted molar refractivity (Wildman–Crippen MR) is 105 cm³/mol. The molecule has 2 aliphatic rings. The summed E-state index contributed by atoms with van der Waals surface area (Å²) in [5.74, 6) is -3.54. The van der Waals surface area contributed by atoms with E-state index < -0.39 is 41.5 Å². The normalized spacial score (nSPS) is 19.5. The molecule has 0 bridgehead atoms. The first kappa shape index (κ1) is 21.9. The standard InChI is InChI=1S/C21H22N2O8/c1-4-29-14(24)10-12-15(19(26)30-5-2)21(20(27)23-12)11-8-6-7-9-13(11)31-17(22)16(21)18(25)28-3/h6-9H,4-5,10,22H2,1-3H3,(H,23,27)/t21-/m0/s1. The Hall–Kier alpha value is -3.82. The molecule has 0 radical (unpaired) electrons. The highest BCUT2D eigenvalue weighted by Crippen LogP contribution is 2.52. The molecule has 10 nitrogen and oxygen atoms in total. The van der Waals surface area contributed by atoms with Gasteiger partial charge in [-0.2, -0.15) is 0 Å². The minimum Gasteiger partial charge on any atom is -0.466 e. The van der Waals surface area contributed by atoms with Crippen LogP contribution in [-0.4, -0.2) is 44.1 Å². The molecule has 0 fully saturated rings. The van der Waals surface area contributed by atoms with E-state index in [9.17, 15) is 19.2 Å². The fourth-order valence-corrected chi connectivity index (χ4v) is 3.81. The lowest BCUT2D eigenvalue weighted by atomic mass is 9.67. The molecular weight excluding hydrogens is 408 g/mol. The van der Waals surface area contributed by atoms with Gasteiger partial charge in [0, 0.05) is 11.3 Å². The number of methoxy groups -OCH3 is 1. The number of esters is 3. The summed E-state index contributed by atoms with van der Waals surface area (Å²) in [4.78, 5) is 51.5. The quantitative estimate of drug-likeness (QED) is 0.489. The van der Waals surface area contributed by atoms with Gasteiger partial charge in [-0.15, -0.1) is 0 Å². The second-order valence-corrected chi connectivity index (χ2v) is 6.59. The van der Waals surface area contributed by atoms with Gasteiger partial charge >= 0.3 is 17.9 Å². The molecule has 0 aromatic heterocycles. The van der Waals surface area contributed by atoms with Crippen LogP contribution in [0.2, 0.25) is 0 Å². The molecular formula is C21H22N2O8. The van der Waals surface area contributed by atoms with E-state index in [1.54, 1.807) is 26.0 Å². The van der Waals surface area contributed by atoms with E-state index >= 15 is 0 Å². The third kappa shape index (κ3) is 3.39. The van der Waals surface area contributed by atoms with E-state index in [1.807, 2.05) is 0 Å². The minimum absolute atomic E-state index is 0.00973. The van der Waals surface area contributed by atoms with E-state index in [1.165, 1.54) is 12.1 Å². The van der Waals surface area contributed by atoms with Crippen molar-refractivity contribution in [2.75, 3.05) is 20.3 Å². The molecule has 1 amide bonds. The number of carbonyl (C=O) groups is 4. The number of para-hydroxylation sites is 1. The Bertz CT molecular complexity index is 1030. The Kier molecular flexibility index (Phi) is 6.00. The minimum atomic E-state index is -2.03. The van der Waals surface area contributed by atoms with Gasteiger partial charge < -0.3 is 30.0 Å². The third-order valence-corrected chi connectivity index (χ3v) is 4.91. The van der Waals surface area contributed by atoms with Crippen LogP contribution in [0.4, 0.5) is 0 Å². The maximum absolute atomic E-state index is 13.5. The highest BCUT2D eigenvalue weighted by atomic mass is 16.5. The van der Waals surface area contributed by atoms with Crippen LogP contribution < -0.4 is 15.8 Å². The molecule has 1 spiro atoms. The molecule has 0 saturated heterocycles. The lowest BCUT2D eigenvalue weighted by molar-refractivity contribution is -0.142. The van der Waals surface area contributed by atoms with Gasteiger partial charge in [-0.1, -0.05) is 18.2 Å². The summed E-state index contributed by atoms with van der Waals surface area (Å²) < 4.78 is 20.6. The van der Waals surface area contributed by atoms with Gasteiger partial charge in [0.25, 0.3) is 0 Å². The lowest BCUT2D eigenvalue weighted by Crippen LogP contribution is -2.48. The highest BCUT2D eigenvalue weighted by molar-refractivity contribution is 6.17. The Morgan fingerprint density at radius 3 is 2.39 bits per heavy atom. The fraction of sp³-hybridized carbons (Fsp3) is 0.333. The Labute approximate surface area is 178 Å². The number of hydrogen-bond donors (Lipinski definition) is 2. The van der Waals surface area contributed by atoms with Gasteiger partial charge in [0.15, 0.2) is 0 Å². The predicted octanol–water partition coefficient (Wildman–Crippen LogP) is 0.560. The van der Waals surface area contributed by atoms with Crippen molar-refractivity contribution in [2.45, 2.75) is 25.7 Å². The number of fused-ring (bicyclic) bond motifs is 2. The molecule has 3 rings (SSSR count). The first-order chi connectivity index (χ1) is 14.8. The number of rotatable bonds is 6. The zero-order valence-electron chi connectivity index (χ0n) is 17.3. The van der Waals surface area contributed by atoms with E-state index in [2.05, 4.69) is 5.32 Å². The SMILES string of the molecule is CCOC(=O)CC1=C(C(=O)OCC)[C@]2(C(=O)N1)C(C(=O)OC)=C(N)Oc1ccccc12. The number of nitrogens with one attached hydrogen (secondary N) is 1. The van der Waals surface area contributed by atoms with Crippen molar-refractivity contribution in [3.8, 4) is 5.75 Å². The molecule has 1 aromatic rings. The van der Waals surface area contributed by atoms with Crippen molar-refractivity contribution >= 4 is 23.8 Å². The summed E-state index contributed by atoms with van der Waals surface area (Å²) in [5.41, 5.74) is 3.51. The van der Waals surface area contributed by atoms with Gasteiger partial charge in [0.1, 0.15) is 16.7 Å². The van der Waals surface area contributed by atoms with Gasteiger partial charge in [0.2, 0.25) is 11.8 Å². The summed E-state index contributed by atoms with van der Waals surface area (Å²) >= 11 is 0. The van der Waals surface area contributed by atoms with E-state index in [4.69, 9.17) is 24.7 Å². The maximum atomic E-state index is 13.5. The average Bonchev–Trinajstić information content (AvgIpc) is 3.00. The second kappa shape index (κ2) is 8.50. The van der Waals surface area contributed by atoms with Crippen molar-refractivity contribution in [1.29, 1.82) is 0 Å². The average molecular weight is 430 g/mol. The Balaban J connectivity index is 2.37. The van der Waals surface area contributed by atoms with Crippen LogP contribution in [0.15, 0.2) is 47.0 Å². The molecule has 0 unspecified atom stereocenters. The molecule has 164 valence electrons. The number of amides is 1. The van der Waals surface area contributed by atoms with Crippen molar-refractivity contribution in [3.05, 3.63) is 52.6 Å². The van der Waals surface area contributed by atoms with E-state index in [0.29, 0.717) is 0 Å². The van der Waals surface area contributed by atoms with Crippen LogP contribution in [0.1, 0.15) is 25.8 Å². The molecule has 10 heteroatoms. The topological polar surface area (TPSA) is 143 Å². The Morgan fingerprint density at radius 1 is 1.06 bits per heavy atom. The first-order valence-electron chi connectivity index (χ1n) is 9.56. The van der Waals surface area contributed by atoms with Crippen LogP contribution in [0.25, 0.3) is 0 Å². The molecule has 1 aromatic carbocycles. The van der Waals surface area contributed by atoms with Crippen LogP contribution >= 0.6 is 0 Å². The van der Waals surface area contributed by atoms with Crippen molar-refractivity contribution in [2.24, 2.45) is 5.73 Å². The zero-order chi connectivity index (χ0) is 22.8. The molecule has 1 atom stereocenters. The summed E-state index contributed by atoms with van der Waals surface area (Å²) in [6, 6.07) is 6.32. The molecule has 31 heavy (non-hydrogen) atoms. The molecule has 3 N–H and O–H groups in total. The summed E-state index contributed by atoms with van der Waals surface area (Å²) in [6.45, 7) is 3.31. The fourth-order valence-electron chi connectivity index (χ4n) is 3.81. The van der Waals surface area contributed by atoms with Crippen LogP contribution in [0.5, 0.6) is 5.75 Å². The van der Waals surface area contributed by atoms with Crippen molar-refractivity contribution in [1.82, 2.24) is 5.32 Å². The number of ether oxygens (including phenoxy) is 4. The number of benzene rings is 1. The first-order valence-corrected chi connectivity index (χ1v) is 9.56. The number of carbonyl (C=O) groups excluding carboxylic acids is 4. The van der Waals surface area contributed by atoms with Crippen molar-refractivity contribution < 1.29 is 38.1 Å². The highest BCUT2D eigenvalue weighted by Gasteiger charge is 2.62. The van der Waals surface area contributed by atoms with Crippen molar-refractivity contribution in [3.63, 3.8) is 0 Å². The lowest BCUT2D eigenvalue weighted by Gasteiger charge is -2.35. The summed E-state index contributed by atoms with van der Waals surface area (Å²) in [5, 5.41) is 2.55. The van der Waals surface area contributed by atoms with Gasteiger partial charge in [-0.25, -0.2) is 9.59 Å². The third-order valence-electron chi connectivity index (χ3n) is 4.91. The molecule has 0 aliphatic carbocycles. The number of nitrogens with two attached hydrogens (primary N) is 1. The molecule has 2 aliphatic heterocycles. The molecule has 0 saturated carbocycles. The number of hydrogen-bond acceptors (Lipinski definition) is 9. The summed E-state index contributed by atoms with van der Waals surface area (Å²) in [6.07, 6.45) is -0.424. The molecule has 2 heterocycles. The van der Waals surface area contributed by atoms with Gasteiger partial charge in [0.05, 0.1) is 32.3 Å². The van der Waals surface area contributed by atoms with E-state index in [0.717, 1.165) is 7.11 Å². The van der Waals surface area contributed by atoms with Crippen LogP contribution in [0.3, 0.4) is 0 Å². The largest absolute Gasteiger partial charge is 0.466 e. The maximum Gasteiger partial charge on any atom is 0.340 e. The van der Waals surface area contributed by atoms with Crippen LogP contribution in [-0.2, 0) is 38.8 Å². The monoisotopic (exact) mass is 430 g/mol. The zero-order valence-corrected chi connectivity index (χ0v) is 17.3. The van der Waals surface area contributed by atoms with Gasteiger partial charge in [-0.3, -0.25) is 9.59 Å². The van der Waals surface area contributed by atoms with Crippen LogP contribution in [0, 0.1) is 0 Å². The second-order valence-electron chi connectivity index (χ2n) is 6.59. The van der Waals surface area contributed by atoms with Gasteiger partial charge in [-0.05, 0) is 19.9 Å². The summed E-state index contributed by atoms with van der Waals surface area (Å²) in [7, 11) is 1.11. The van der Waals surface area contributed by atoms with E-state index in [-0.39, 0.29) is 41.4 Å².